The fraction of sp³-hybridized carbons (Fsp3) is 0.211. The first-order valence-electron chi connectivity index (χ1n) is 7.95. The van der Waals surface area contributed by atoms with Gasteiger partial charge in [0.05, 0.1) is 11.4 Å². The van der Waals surface area contributed by atoms with Gasteiger partial charge in [-0.1, -0.05) is 23.8 Å². The minimum absolute atomic E-state index is 0.0473. The van der Waals surface area contributed by atoms with Crippen LogP contribution in [0.15, 0.2) is 54.7 Å². The van der Waals surface area contributed by atoms with E-state index < -0.39 is 0 Å². The molecule has 0 atom stereocenters. The molecule has 2 heterocycles. The van der Waals surface area contributed by atoms with E-state index in [1.54, 1.807) is 10.9 Å². The van der Waals surface area contributed by atoms with Gasteiger partial charge in [0, 0.05) is 24.4 Å². The average molecular weight is 320 g/mol. The van der Waals surface area contributed by atoms with E-state index in [2.05, 4.69) is 15.4 Å². The number of carbonyl (C=O) groups is 1. The van der Waals surface area contributed by atoms with Crippen molar-refractivity contribution in [3.8, 4) is 5.69 Å². The zero-order valence-corrected chi connectivity index (χ0v) is 13.9. The summed E-state index contributed by atoms with van der Waals surface area (Å²) in [6.45, 7) is 3.95. The topological polar surface area (TPSA) is 59.8 Å². The van der Waals surface area contributed by atoms with Crippen molar-refractivity contribution < 1.29 is 4.79 Å². The van der Waals surface area contributed by atoms with Crippen molar-refractivity contribution >= 4 is 11.7 Å². The summed E-state index contributed by atoms with van der Waals surface area (Å²) in [6.07, 6.45) is 2.74. The van der Waals surface area contributed by atoms with Crippen molar-refractivity contribution in [2.75, 3.05) is 5.32 Å². The molecule has 2 aromatic heterocycles. The van der Waals surface area contributed by atoms with Gasteiger partial charge in [0.15, 0.2) is 0 Å². The number of amides is 1. The molecule has 5 heteroatoms. The van der Waals surface area contributed by atoms with Crippen LogP contribution < -0.4 is 5.32 Å². The van der Waals surface area contributed by atoms with Crippen LogP contribution in [0.2, 0.25) is 0 Å². The highest BCUT2D eigenvalue weighted by molar-refractivity contribution is 5.90. The molecule has 0 radical (unpaired) electrons. The number of hydrogen-bond acceptors (Lipinski definition) is 3. The maximum atomic E-state index is 12.3. The Morgan fingerprint density at radius 3 is 2.62 bits per heavy atom. The molecule has 0 spiro atoms. The van der Waals surface area contributed by atoms with Crippen LogP contribution in [-0.4, -0.2) is 20.7 Å². The summed E-state index contributed by atoms with van der Waals surface area (Å²) in [5.74, 6) is 0.635. The number of benzene rings is 1. The van der Waals surface area contributed by atoms with Crippen LogP contribution in [0.25, 0.3) is 5.69 Å². The molecular formula is C19H20N4O. The molecule has 1 N–H and O–H groups in total. The second kappa shape index (κ2) is 7.08. The Kier molecular flexibility index (Phi) is 4.70. The van der Waals surface area contributed by atoms with E-state index in [9.17, 15) is 4.79 Å². The normalized spacial score (nSPS) is 10.6. The van der Waals surface area contributed by atoms with E-state index in [1.165, 1.54) is 5.56 Å². The molecule has 0 saturated carbocycles. The summed E-state index contributed by atoms with van der Waals surface area (Å²) >= 11 is 0. The molecule has 0 aliphatic rings. The molecule has 122 valence electrons. The molecule has 3 rings (SSSR count). The number of nitrogens with zero attached hydrogens (tertiary/aromatic N) is 3. The summed E-state index contributed by atoms with van der Waals surface area (Å²) < 4.78 is 1.76. The largest absolute Gasteiger partial charge is 0.311 e. The highest BCUT2D eigenvalue weighted by atomic mass is 16.1. The fourth-order valence-electron chi connectivity index (χ4n) is 2.46. The first-order chi connectivity index (χ1) is 11.6. The molecule has 0 aliphatic carbocycles. The van der Waals surface area contributed by atoms with Gasteiger partial charge < -0.3 is 5.32 Å². The van der Waals surface area contributed by atoms with Crippen LogP contribution >= 0.6 is 0 Å². The first-order valence-corrected chi connectivity index (χ1v) is 7.95. The van der Waals surface area contributed by atoms with Crippen LogP contribution in [0.5, 0.6) is 0 Å². The van der Waals surface area contributed by atoms with Gasteiger partial charge in [-0.05, 0) is 44.5 Å². The lowest BCUT2D eigenvalue weighted by Crippen LogP contribution is -2.15. The molecule has 5 nitrogen and oxygen atoms in total. The Labute approximate surface area is 141 Å². The Hall–Kier alpha value is -2.95. The van der Waals surface area contributed by atoms with Crippen molar-refractivity contribution in [2.24, 2.45) is 0 Å². The van der Waals surface area contributed by atoms with Gasteiger partial charge in [-0.25, -0.2) is 4.68 Å². The maximum absolute atomic E-state index is 12.3. The van der Waals surface area contributed by atoms with E-state index in [-0.39, 0.29) is 5.91 Å². The van der Waals surface area contributed by atoms with Crippen LogP contribution in [0.3, 0.4) is 0 Å². The molecule has 0 unspecified atom stereocenters. The molecule has 0 saturated heterocycles. The number of carbonyl (C=O) groups excluding carboxylic acids is 1. The molecule has 0 aliphatic heterocycles. The second-order valence-electron chi connectivity index (χ2n) is 5.79. The van der Waals surface area contributed by atoms with Crippen LogP contribution in [-0.2, 0) is 11.2 Å². The van der Waals surface area contributed by atoms with Crippen molar-refractivity contribution in [3.63, 3.8) is 0 Å². The predicted molar refractivity (Wildman–Crippen MR) is 94.2 cm³/mol. The van der Waals surface area contributed by atoms with Gasteiger partial charge in [-0.3, -0.25) is 9.78 Å². The third-order valence-electron chi connectivity index (χ3n) is 3.71. The minimum atomic E-state index is -0.0473. The van der Waals surface area contributed by atoms with E-state index >= 15 is 0 Å². The van der Waals surface area contributed by atoms with Crippen LogP contribution in [0.4, 0.5) is 5.82 Å². The molecule has 0 bridgehead atoms. The van der Waals surface area contributed by atoms with Crippen LogP contribution in [0, 0.1) is 13.8 Å². The molecule has 0 fully saturated rings. The van der Waals surface area contributed by atoms with E-state index in [4.69, 9.17) is 0 Å². The van der Waals surface area contributed by atoms with E-state index in [0.29, 0.717) is 18.7 Å². The first kappa shape index (κ1) is 15.9. The summed E-state index contributed by atoms with van der Waals surface area (Å²) in [6, 6.07) is 15.6. The van der Waals surface area contributed by atoms with Crippen molar-refractivity contribution in [2.45, 2.75) is 26.7 Å². The standard InChI is InChI=1S/C19H20N4O/c1-14-6-9-17(10-7-14)23-18(13-15(2)22-23)21-19(24)11-8-16-5-3-4-12-20-16/h3-7,9-10,12-13H,8,11H2,1-2H3,(H,21,24). The van der Waals surface area contributed by atoms with E-state index in [0.717, 1.165) is 17.1 Å². The van der Waals surface area contributed by atoms with Crippen molar-refractivity contribution in [3.05, 3.63) is 71.7 Å². The van der Waals surface area contributed by atoms with Crippen LogP contribution in [0.1, 0.15) is 23.4 Å². The number of aromatic nitrogens is 3. The monoisotopic (exact) mass is 320 g/mol. The van der Waals surface area contributed by atoms with E-state index in [1.807, 2.05) is 62.4 Å². The molecule has 1 amide bonds. The van der Waals surface area contributed by atoms with Gasteiger partial charge >= 0.3 is 0 Å². The molecule has 24 heavy (non-hydrogen) atoms. The number of nitrogens with one attached hydrogen (secondary N) is 1. The lowest BCUT2D eigenvalue weighted by Gasteiger charge is -2.09. The Morgan fingerprint density at radius 2 is 1.92 bits per heavy atom. The smallest absolute Gasteiger partial charge is 0.225 e. The van der Waals surface area contributed by atoms with Crippen molar-refractivity contribution in [1.82, 2.24) is 14.8 Å². The fourth-order valence-corrected chi connectivity index (χ4v) is 2.46. The number of anilines is 1. The molecular weight excluding hydrogens is 300 g/mol. The lowest BCUT2D eigenvalue weighted by molar-refractivity contribution is -0.116. The zero-order valence-electron chi connectivity index (χ0n) is 13.9. The minimum Gasteiger partial charge on any atom is -0.311 e. The van der Waals surface area contributed by atoms with Gasteiger partial charge in [0.1, 0.15) is 5.82 Å². The van der Waals surface area contributed by atoms with Crippen molar-refractivity contribution in [1.29, 1.82) is 0 Å². The lowest BCUT2D eigenvalue weighted by atomic mass is 10.2. The molecule has 3 aromatic rings. The van der Waals surface area contributed by atoms with Gasteiger partial charge in [-0.2, -0.15) is 5.10 Å². The van der Waals surface area contributed by atoms with Gasteiger partial charge in [-0.15, -0.1) is 0 Å². The SMILES string of the molecule is Cc1ccc(-n2nc(C)cc2NC(=O)CCc2ccccn2)cc1. The maximum Gasteiger partial charge on any atom is 0.225 e. The number of pyridine rings is 1. The average Bonchev–Trinajstić information content (AvgIpc) is 2.95. The summed E-state index contributed by atoms with van der Waals surface area (Å²) in [7, 11) is 0. The third-order valence-corrected chi connectivity index (χ3v) is 3.71. The predicted octanol–water partition coefficient (Wildman–Crippen LogP) is 3.46. The zero-order chi connectivity index (χ0) is 16.9. The number of aryl methyl sites for hydroxylation is 3. The summed E-state index contributed by atoms with van der Waals surface area (Å²) in [4.78, 5) is 16.5. The molecule has 1 aromatic carbocycles. The summed E-state index contributed by atoms with van der Waals surface area (Å²) in [5.41, 5.74) is 3.88. The highest BCUT2D eigenvalue weighted by Gasteiger charge is 2.11. The third kappa shape index (κ3) is 3.87. The summed E-state index contributed by atoms with van der Waals surface area (Å²) in [5, 5.41) is 7.42. The number of rotatable bonds is 5. The van der Waals surface area contributed by atoms with Gasteiger partial charge in [0.25, 0.3) is 0 Å². The second-order valence-corrected chi connectivity index (χ2v) is 5.79. The Bertz CT molecular complexity index is 822. The quantitative estimate of drug-likeness (QED) is 0.783. The Balaban J connectivity index is 1.71. The highest BCUT2D eigenvalue weighted by Crippen LogP contribution is 2.18. The van der Waals surface area contributed by atoms with Gasteiger partial charge in [0.2, 0.25) is 5.91 Å². The Morgan fingerprint density at radius 1 is 1.12 bits per heavy atom. The number of hydrogen-bond donors (Lipinski definition) is 1.